The Balaban J connectivity index is 4.74. The third kappa shape index (κ3) is 6.66. The summed E-state index contributed by atoms with van der Waals surface area (Å²) in [6.07, 6.45) is 17.4. The molecule has 0 aromatic heterocycles. The van der Waals surface area contributed by atoms with Crippen LogP contribution in [0.15, 0.2) is 85.4 Å². The molecule has 0 heterocycles. The van der Waals surface area contributed by atoms with E-state index < -0.39 is 0 Å². The van der Waals surface area contributed by atoms with Crippen LogP contribution in [0.2, 0.25) is 0 Å². The lowest BCUT2D eigenvalue weighted by molar-refractivity contribution is 1.69. The zero-order valence-corrected chi connectivity index (χ0v) is 10.0. The zero-order chi connectivity index (χ0) is 12.2. The molecule has 0 aliphatic heterocycles. The van der Waals surface area contributed by atoms with Gasteiger partial charge in [0.15, 0.2) is 7.28 Å². The average molecular weight is 210 g/mol. The van der Waals surface area contributed by atoms with Gasteiger partial charge < -0.3 is 0 Å². The van der Waals surface area contributed by atoms with Gasteiger partial charge >= 0.3 is 0 Å². The van der Waals surface area contributed by atoms with Gasteiger partial charge in [0.25, 0.3) is 0 Å². The Kier molecular flexibility index (Phi) is 8.71. The van der Waals surface area contributed by atoms with Gasteiger partial charge in [0, 0.05) is 0 Å². The molecule has 0 fully saturated rings. The molecule has 0 nitrogen and oxygen atoms in total. The fraction of sp³-hybridized carbons (Fsp3) is 0.0667. The lowest BCUT2D eigenvalue weighted by Crippen LogP contribution is -1.96. The average Bonchev–Trinajstić information content (AvgIpc) is 2.28. The van der Waals surface area contributed by atoms with Crippen molar-refractivity contribution in [3.05, 3.63) is 85.4 Å². The summed E-state index contributed by atoms with van der Waals surface area (Å²) in [5.74, 6) is 0. The number of rotatable bonds is 7. The molecule has 0 aromatic carbocycles. The van der Waals surface area contributed by atoms with Crippen LogP contribution in [-0.4, -0.2) is 7.28 Å². The number of allylic oxidation sites excluding steroid dienone is 11. The highest BCUT2D eigenvalue weighted by Gasteiger charge is 1.97. The fourth-order valence-electron chi connectivity index (χ4n) is 1.23. The summed E-state index contributed by atoms with van der Waals surface area (Å²) in [5, 5.41) is 0. The molecule has 0 saturated carbocycles. The minimum absolute atomic E-state index is 0.862. The molecule has 0 aliphatic carbocycles. The maximum Gasteiger partial charge on any atom is 0.192 e. The van der Waals surface area contributed by atoms with Crippen molar-refractivity contribution in [2.45, 2.75) is 6.92 Å². The standard InChI is InChI=1S/C15H19B/c1-5-9-10-13-14(8-4)16-15(11-6-2)12-7-3/h5-13,16H,1-2,4H2,3H3/b10-9-,12-7+,14-13+,15-11-. The van der Waals surface area contributed by atoms with Crippen LogP contribution in [0.5, 0.6) is 0 Å². The Bertz CT molecular complexity index is 352. The van der Waals surface area contributed by atoms with Gasteiger partial charge in [-0.2, -0.15) is 0 Å². The predicted molar refractivity (Wildman–Crippen MR) is 77.9 cm³/mol. The summed E-state index contributed by atoms with van der Waals surface area (Å²) in [6.45, 7) is 13.1. The quantitative estimate of drug-likeness (QED) is 0.441. The maximum atomic E-state index is 3.81. The van der Waals surface area contributed by atoms with E-state index in [1.165, 1.54) is 10.9 Å². The Hall–Kier alpha value is -1.76. The van der Waals surface area contributed by atoms with Crippen LogP contribution in [0.4, 0.5) is 0 Å². The molecule has 0 aliphatic rings. The molecule has 16 heavy (non-hydrogen) atoms. The van der Waals surface area contributed by atoms with E-state index in [9.17, 15) is 0 Å². The molecule has 0 spiro atoms. The third-order valence-corrected chi connectivity index (χ3v) is 1.94. The van der Waals surface area contributed by atoms with Crippen LogP contribution in [0.25, 0.3) is 0 Å². The van der Waals surface area contributed by atoms with E-state index in [1.54, 1.807) is 12.2 Å². The summed E-state index contributed by atoms with van der Waals surface area (Å²) in [7, 11) is 0.862. The second-order valence-electron chi connectivity index (χ2n) is 3.22. The van der Waals surface area contributed by atoms with Crippen molar-refractivity contribution in [3.8, 4) is 0 Å². The summed E-state index contributed by atoms with van der Waals surface area (Å²) >= 11 is 0. The molecule has 82 valence electrons. The van der Waals surface area contributed by atoms with E-state index in [0.717, 1.165) is 7.28 Å². The van der Waals surface area contributed by atoms with Crippen molar-refractivity contribution in [2.24, 2.45) is 0 Å². The molecule has 0 amide bonds. The smallest absolute Gasteiger partial charge is 0.0996 e. The van der Waals surface area contributed by atoms with Crippen LogP contribution in [0.1, 0.15) is 6.92 Å². The van der Waals surface area contributed by atoms with Crippen molar-refractivity contribution in [3.63, 3.8) is 0 Å². The fourth-order valence-corrected chi connectivity index (χ4v) is 1.23. The Morgan fingerprint density at radius 3 is 2.19 bits per heavy atom. The largest absolute Gasteiger partial charge is 0.192 e. The lowest BCUT2D eigenvalue weighted by Gasteiger charge is -2.00. The van der Waals surface area contributed by atoms with Gasteiger partial charge in [-0.15, -0.1) is 0 Å². The molecule has 0 rings (SSSR count). The molecule has 0 radical (unpaired) electrons. The van der Waals surface area contributed by atoms with E-state index in [2.05, 4.69) is 25.8 Å². The first-order chi connectivity index (χ1) is 7.78. The molecule has 0 aromatic rings. The molecule has 0 saturated heterocycles. The van der Waals surface area contributed by atoms with Crippen molar-refractivity contribution < 1.29 is 0 Å². The van der Waals surface area contributed by atoms with Gasteiger partial charge in [-0.25, -0.2) is 0 Å². The first-order valence-electron chi connectivity index (χ1n) is 5.33. The van der Waals surface area contributed by atoms with Crippen LogP contribution in [-0.2, 0) is 0 Å². The topological polar surface area (TPSA) is 0 Å². The van der Waals surface area contributed by atoms with Gasteiger partial charge in [0.1, 0.15) is 0 Å². The SMILES string of the molecule is C=C/C=C\C=C(\BC(/C=C/C)=C\C=C)C=C. The molecular formula is C15H19B. The van der Waals surface area contributed by atoms with Crippen LogP contribution < -0.4 is 0 Å². The third-order valence-electron chi connectivity index (χ3n) is 1.94. The second-order valence-corrected chi connectivity index (χ2v) is 3.22. The minimum atomic E-state index is 0.862. The Morgan fingerprint density at radius 1 is 0.938 bits per heavy atom. The predicted octanol–water partition coefficient (Wildman–Crippen LogP) is 3.88. The van der Waals surface area contributed by atoms with Gasteiger partial charge in [-0.1, -0.05) is 85.4 Å². The van der Waals surface area contributed by atoms with Gasteiger partial charge in [0.2, 0.25) is 0 Å². The summed E-state index contributed by atoms with van der Waals surface area (Å²) in [4.78, 5) is 0. The van der Waals surface area contributed by atoms with Gasteiger partial charge in [-0.05, 0) is 6.92 Å². The lowest BCUT2D eigenvalue weighted by atomic mass is 9.62. The summed E-state index contributed by atoms with van der Waals surface area (Å²) in [5.41, 5.74) is 2.39. The van der Waals surface area contributed by atoms with Crippen LogP contribution >= 0.6 is 0 Å². The highest BCUT2D eigenvalue weighted by atomic mass is 13.8. The first kappa shape index (κ1) is 14.2. The molecule has 0 atom stereocenters. The first-order valence-corrected chi connectivity index (χ1v) is 5.33. The van der Waals surface area contributed by atoms with E-state index in [-0.39, 0.29) is 0 Å². The summed E-state index contributed by atoms with van der Waals surface area (Å²) < 4.78 is 0. The Morgan fingerprint density at radius 2 is 1.69 bits per heavy atom. The van der Waals surface area contributed by atoms with E-state index in [1.807, 2.05) is 43.4 Å². The van der Waals surface area contributed by atoms with Crippen LogP contribution in [0.3, 0.4) is 0 Å². The van der Waals surface area contributed by atoms with Crippen molar-refractivity contribution in [1.82, 2.24) is 0 Å². The van der Waals surface area contributed by atoms with Crippen LogP contribution in [0, 0.1) is 0 Å². The molecular weight excluding hydrogens is 191 g/mol. The van der Waals surface area contributed by atoms with Gasteiger partial charge in [0.05, 0.1) is 0 Å². The zero-order valence-electron chi connectivity index (χ0n) is 10.0. The van der Waals surface area contributed by atoms with E-state index in [4.69, 9.17) is 0 Å². The molecule has 1 heteroatoms. The monoisotopic (exact) mass is 210 g/mol. The Labute approximate surface area is 100 Å². The normalized spacial score (nSPS) is 13.1. The van der Waals surface area contributed by atoms with Crippen molar-refractivity contribution >= 4 is 7.28 Å². The number of hydrogen-bond acceptors (Lipinski definition) is 0. The minimum Gasteiger partial charge on any atom is -0.0996 e. The second kappa shape index (κ2) is 9.79. The van der Waals surface area contributed by atoms with E-state index in [0.29, 0.717) is 0 Å². The molecule has 0 N–H and O–H groups in total. The highest BCUT2D eigenvalue weighted by Crippen LogP contribution is 2.04. The molecule has 0 unspecified atom stereocenters. The van der Waals surface area contributed by atoms with Gasteiger partial charge in [-0.3, -0.25) is 0 Å². The van der Waals surface area contributed by atoms with Crippen molar-refractivity contribution in [1.29, 1.82) is 0 Å². The summed E-state index contributed by atoms with van der Waals surface area (Å²) in [6, 6.07) is 0. The maximum absolute atomic E-state index is 3.81. The van der Waals surface area contributed by atoms with Crippen molar-refractivity contribution in [2.75, 3.05) is 0 Å². The van der Waals surface area contributed by atoms with E-state index >= 15 is 0 Å². The molecule has 0 bridgehead atoms. The highest BCUT2D eigenvalue weighted by molar-refractivity contribution is 6.55. The number of hydrogen-bond donors (Lipinski definition) is 0.